The van der Waals surface area contributed by atoms with E-state index >= 15 is 0 Å². The second-order valence-electron chi connectivity index (χ2n) is 6.56. The number of nitrogens with one attached hydrogen (secondary N) is 2. The van der Waals surface area contributed by atoms with Gasteiger partial charge in [0.15, 0.2) is 0 Å². The van der Waals surface area contributed by atoms with E-state index in [0.29, 0.717) is 18.0 Å². The van der Waals surface area contributed by atoms with Crippen molar-refractivity contribution in [3.63, 3.8) is 0 Å². The highest BCUT2D eigenvalue weighted by molar-refractivity contribution is 7.89. The third-order valence-electron chi connectivity index (χ3n) is 4.43. The molecule has 0 atom stereocenters. The maximum Gasteiger partial charge on any atom is 0.252 e. The van der Waals surface area contributed by atoms with Crippen LogP contribution in [0.5, 0.6) is 0 Å². The Bertz CT molecular complexity index is 1190. The largest absolute Gasteiger partial charge is 0.361 e. The number of sulfonamides is 1. The van der Waals surface area contributed by atoms with Gasteiger partial charge in [-0.2, -0.15) is 0 Å². The molecule has 1 aromatic heterocycles. The number of aromatic amines is 1. The van der Waals surface area contributed by atoms with E-state index in [-0.39, 0.29) is 20.5 Å². The highest BCUT2D eigenvalue weighted by Gasteiger charge is 2.24. The number of carbonyl (C=O) groups is 1. The first-order chi connectivity index (χ1) is 13.6. The van der Waals surface area contributed by atoms with Gasteiger partial charge in [-0.15, -0.1) is 0 Å². The van der Waals surface area contributed by atoms with Crippen LogP contribution in [-0.2, 0) is 16.4 Å². The van der Waals surface area contributed by atoms with E-state index in [0.717, 1.165) is 20.8 Å². The summed E-state index contributed by atoms with van der Waals surface area (Å²) >= 11 is 18.2. The zero-order valence-electron chi connectivity index (χ0n) is 15.6. The summed E-state index contributed by atoms with van der Waals surface area (Å²) in [6, 6.07) is 8.00. The number of carbonyl (C=O) groups excluding carboxylic acids is 1. The van der Waals surface area contributed by atoms with Crippen molar-refractivity contribution in [2.24, 2.45) is 0 Å². The minimum atomic E-state index is -3.82. The monoisotopic (exact) mass is 473 g/mol. The lowest BCUT2D eigenvalue weighted by Crippen LogP contribution is -2.27. The minimum absolute atomic E-state index is 0.0402. The zero-order valence-corrected chi connectivity index (χ0v) is 18.7. The first-order valence-electron chi connectivity index (χ1n) is 8.56. The van der Waals surface area contributed by atoms with Crippen LogP contribution >= 0.6 is 34.8 Å². The number of halogens is 3. The second-order valence-corrected chi connectivity index (χ2v) is 9.93. The van der Waals surface area contributed by atoms with Gasteiger partial charge >= 0.3 is 0 Å². The van der Waals surface area contributed by atoms with E-state index in [2.05, 4.69) is 10.3 Å². The molecule has 2 N–H and O–H groups in total. The molecule has 0 radical (unpaired) electrons. The second kappa shape index (κ2) is 8.53. The van der Waals surface area contributed by atoms with Gasteiger partial charge in [-0.1, -0.05) is 34.8 Å². The Balaban J connectivity index is 1.78. The molecule has 2 aromatic carbocycles. The lowest BCUT2D eigenvalue weighted by atomic mass is 10.1. The predicted octanol–water partition coefficient (Wildman–Crippen LogP) is 4.35. The minimum Gasteiger partial charge on any atom is -0.361 e. The van der Waals surface area contributed by atoms with Crippen molar-refractivity contribution < 1.29 is 13.2 Å². The molecule has 6 nitrogen and oxygen atoms in total. The Morgan fingerprint density at radius 3 is 2.52 bits per heavy atom. The Labute approximate surface area is 183 Å². The molecule has 10 heteroatoms. The fraction of sp³-hybridized carbons (Fsp3) is 0.211. The number of rotatable bonds is 6. The van der Waals surface area contributed by atoms with Crippen molar-refractivity contribution >= 4 is 61.6 Å². The van der Waals surface area contributed by atoms with Crippen LogP contribution in [-0.4, -0.2) is 44.3 Å². The van der Waals surface area contributed by atoms with Gasteiger partial charge in [0.2, 0.25) is 10.0 Å². The predicted molar refractivity (Wildman–Crippen MR) is 117 cm³/mol. The number of hydrogen-bond acceptors (Lipinski definition) is 3. The Morgan fingerprint density at radius 2 is 1.83 bits per heavy atom. The van der Waals surface area contributed by atoms with E-state index in [4.69, 9.17) is 34.8 Å². The Morgan fingerprint density at radius 1 is 1.10 bits per heavy atom. The first kappa shape index (κ1) is 21.9. The summed E-state index contributed by atoms with van der Waals surface area (Å²) < 4.78 is 25.8. The van der Waals surface area contributed by atoms with Gasteiger partial charge in [-0.25, -0.2) is 12.7 Å². The van der Waals surface area contributed by atoms with Crippen molar-refractivity contribution in [2.75, 3.05) is 20.6 Å². The van der Waals surface area contributed by atoms with E-state index in [1.165, 1.54) is 26.2 Å². The average Bonchev–Trinajstić information content (AvgIpc) is 3.03. The van der Waals surface area contributed by atoms with Crippen molar-refractivity contribution in [3.8, 4) is 0 Å². The normalized spacial score (nSPS) is 11.9. The molecule has 0 aliphatic carbocycles. The summed E-state index contributed by atoms with van der Waals surface area (Å²) in [5.74, 6) is -0.486. The lowest BCUT2D eigenvalue weighted by Gasteiger charge is -2.15. The molecule has 0 fully saturated rings. The van der Waals surface area contributed by atoms with E-state index < -0.39 is 15.9 Å². The number of aromatic nitrogens is 1. The molecule has 0 unspecified atom stereocenters. The van der Waals surface area contributed by atoms with Crippen LogP contribution in [0.4, 0.5) is 0 Å². The molecule has 0 saturated heterocycles. The average molecular weight is 475 g/mol. The molecule has 3 rings (SSSR count). The summed E-state index contributed by atoms with van der Waals surface area (Å²) in [5, 5.41) is 4.40. The number of hydrogen-bond donors (Lipinski definition) is 2. The van der Waals surface area contributed by atoms with Crippen molar-refractivity contribution in [2.45, 2.75) is 11.3 Å². The molecular weight excluding hydrogens is 457 g/mol. The molecule has 0 saturated carbocycles. The van der Waals surface area contributed by atoms with Crippen LogP contribution in [0.1, 0.15) is 15.9 Å². The molecule has 0 spiro atoms. The molecule has 0 aliphatic rings. The van der Waals surface area contributed by atoms with Crippen LogP contribution in [0, 0.1) is 0 Å². The molecule has 1 amide bonds. The fourth-order valence-electron chi connectivity index (χ4n) is 2.86. The maximum atomic E-state index is 12.6. The lowest BCUT2D eigenvalue weighted by molar-refractivity contribution is 0.0954. The Hall–Kier alpha value is -1.77. The van der Waals surface area contributed by atoms with Gasteiger partial charge in [-0.05, 0) is 42.3 Å². The molecule has 154 valence electrons. The molecule has 0 aliphatic heterocycles. The number of nitrogens with zero attached hydrogens (tertiary/aromatic N) is 1. The Kier molecular flexibility index (Phi) is 6.45. The highest BCUT2D eigenvalue weighted by atomic mass is 35.5. The van der Waals surface area contributed by atoms with E-state index in [1.54, 1.807) is 6.07 Å². The summed E-state index contributed by atoms with van der Waals surface area (Å²) in [4.78, 5) is 15.6. The first-order valence-corrected chi connectivity index (χ1v) is 11.1. The third kappa shape index (κ3) is 4.54. The van der Waals surface area contributed by atoms with Gasteiger partial charge in [0.25, 0.3) is 5.91 Å². The van der Waals surface area contributed by atoms with Gasteiger partial charge in [0.1, 0.15) is 4.90 Å². The molecule has 3 aromatic rings. The van der Waals surface area contributed by atoms with E-state index in [9.17, 15) is 13.2 Å². The van der Waals surface area contributed by atoms with Crippen molar-refractivity contribution in [3.05, 3.63) is 62.7 Å². The summed E-state index contributed by atoms with van der Waals surface area (Å²) in [5.41, 5.74) is 1.99. The van der Waals surface area contributed by atoms with Gasteiger partial charge in [0.05, 0.1) is 15.6 Å². The van der Waals surface area contributed by atoms with Crippen molar-refractivity contribution in [1.82, 2.24) is 14.6 Å². The quantitative estimate of drug-likeness (QED) is 0.557. The number of benzene rings is 2. The van der Waals surface area contributed by atoms with Crippen LogP contribution in [0.25, 0.3) is 10.9 Å². The number of amides is 1. The molecule has 0 bridgehead atoms. The fourth-order valence-corrected chi connectivity index (χ4v) is 4.76. The van der Waals surface area contributed by atoms with Crippen LogP contribution in [0.15, 0.2) is 41.4 Å². The van der Waals surface area contributed by atoms with Gasteiger partial charge < -0.3 is 10.3 Å². The number of fused-ring (bicyclic) bond motifs is 1. The smallest absolute Gasteiger partial charge is 0.252 e. The summed E-state index contributed by atoms with van der Waals surface area (Å²) in [6.07, 6.45) is 2.42. The van der Waals surface area contributed by atoms with Gasteiger partial charge in [0, 0.05) is 42.8 Å². The summed E-state index contributed by atoms with van der Waals surface area (Å²) in [7, 11) is -1.05. The molecular formula is C19H18Cl3N3O3S. The number of H-pyrrole nitrogens is 1. The maximum absolute atomic E-state index is 12.6. The van der Waals surface area contributed by atoms with Crippen LogP contribution in [0.3, 0.4) is 0 Å². The topological polar surface area (TPSA) is 82.3 Å². The standard InChI is InChI=1S/C19H18Cl3N3O3S/c1-25(2)29(27,28)18-8-14(15(21)9-16(18)22)19(26)23-6-5-11-10-24-17-4-3-12(20)7-13(11)17/h3-4,7-10,24H,5-6H2,1-2H3,(H,23,26). The SMILES string of the molecule is CN(C)S(=O)(=O)c1cc(C(=O)NCCc2c[nH]c3ccc(Cl)cc23)c(Cl)cc1Cl. The summed E-state index contributed by atoms with van der Waals surface area (Å²) in [6.45, 7) is 0.326. The zero-order chi connectivity index (χ0) is 21.3. The van der Waals surface area contributed by atoms with Crippen LogP contribution in [0.2, 0.25) is 15.1 Å². The van der Waals surface area contributed by atoms with E-state index in [1.807, 2.05) is 18.3 Å². The van der Waals surface area contributed by atoms with Crippen molar-refractivity contribution in [1.29, 1.82) is 0 Å². The van der Waals surface area contributed by atoms with Gasteiger partial charge in [-0.3, -0.25) is 4.79 Å². The van der Waals surface area contributed by atoms with Crippen LogP contribution < -0.4 is 5.32 Å². The third-order valence-corrected chi connectivity index (χ3v) is 7.26. The molecule has 29 heavy (non-hydrogen) atoms. The highest BCUT2D eigenvalue weighted by Crippen LogP contribution is 2.30. The molecule has 1 heterocycles.